The molecular formula is C8H12O3. The van der Waals surface area contributed by atoms with Gasteiger partial charge in [-0.15, -0.1) is 6.58 Å². The zero-order valence-corrected chi connectivity index (χ0v) is 6.58. The van der Waals surface area contributed by atoms with Gasteiger partial charge in [0.25, 0.3) is 0 Å². The maximum absolute atomic E-state index is 10.5. The van der Waals surface area contributed by atoms with Crippen LogP contribution in [0, 0.1) is 0 Å². The molecule has 0 aliphatic heterocycles. The lowest BCUT2D eigenvalue weighted by Gasteiger charge is -1.93. The molecule has 0 aliphatic carbocycles. The van der Waals surface area contributed by atoms with Crippen molar-refractivity contribution in [1.82, 2.24) is 0 Å². The highest BCUT2D eigenvalue weighted by atomic mass is 16.5. The molecule has 0 saturated heterocycles. The lowest BCUT2D eigenvalue weighted by Crippen LogP contribution is -1.96. The van der Waals surface area contributed by atoms with E-state index in [0.29, 0.717) is 13.2 Å². The van der Waals surface area contributed by atoms with Gasteiger partial charge in [0, 0.05) is 6.08 Å². The third-order valence-electron chi connectivity index (χ3n) is 0.905. The summed E-state index contributed by atoms with van der Waals surface area (Å²) in [4.78, 5) is 10.5. The van der Waals surface area contributed by atoms with Crippen LogP contribution in [0.5, 0.6) is 0 Å². The van der Waals surface area contributed by atoms with Crippen molar-refractivity contribution >= 4 is 5.97 Å². The van der Waals surface area contributed by atoms with Crippen LogP contribution < -0.4 is 0 Å². The molecule has 0 radical (unpaired) electrons. The predicted molar refractivity (Wildman–Crippen MR) is 42.2 cm³/mol. The number of rotatable bonds is 5. The Morgan fingerprint density at radius 1 is 1.55 bits per heavy atom. The van der Waals surface area contributed by atoms with Crippen molar-refractivity contribution in [2.75, 3.05) is 20.3 Å². The zero-order chi connectivity index (χ0) is 8.53. The third-order valence-corrected chi connectivity index (χ3v) is 0.905. The molecule has 0 aliphatic rings. The number of ether oxygens (including phenoxy) is 2. The molecule has 62 valence electrons. The van der Waals surface area contributed by atoms with Crippen LogP contribution in [0.4, 0.5) is 0 Å². The quantitative estimate of drug-likeness (QED) is 0.257. The van der Waals surface area contributed by atoms with Crippen LogP contribution in [0.2, 0.25) is 0 Å². The second kappa shape index (κ2) is 7.02. The summed E-state index contributed by atoms with van der Waals surface area (Å²) in [6.07, 6.45) is 4.56. The number of carbonyl (C=O) groups is 1. The fourth-order valence-electron chi connectivity index (χ4n) is 0.432. The Bertz CT molecular complexity index is 149. The average molecular weight is 156 g/mol. The summed E-state index contributed by atoms with van der Waals surface area (Å²) >= 11 is 0. The number of carbonyl (C=O) groups excluding carboxylic acids is 1. The lowest BCUT2D eigenvalue weighted by atomic mass is 10.5. The third kappa shape index (κ3) is 6.80. The van der Waals surface area contributed by atoms with Crippen LogP contribution in [0.1, 0.15) is 0 Å². The van der Waals surface area contributed by atoms with E-state index in [4.69, 9.17) is 4.74 Å². The van der Waals surface area contributed by atoms with E-state index in [9.17, 15) is 4.79 Å². The van der Waals surface area contributed by atoms with Gasteiger partial charge in [0.05, 0.1) is 20.3 Å². The number of methoxy groups -OCH3 is 1. The molecule has 0 aromatic heterocycles. The van der Waals surface area contributed by atoms with Crippen molar-refractivity contribution in [3.05, 3.63) is 24.8 Å². The minimum absolute atomic E-state index is 0.368. The van der Waals surface area contributed by atoms with Gasteiger partial charge in [0.1, 0.15) is 0 Å². The second-order valence-electron chi connectivity index (χ2n) is 1.75. The Labute approximate surface area is 66.3 Å². The Hall–Kier alpha value is -1.09. The van der Waals surface area contributed by atoms with Crippen molar-refractivity contribution in [2.45, 2.75) is 0 Å². The van der Waals surface area contributed by atoms with Crippen molar-refractivity contribution < 1.29 is 14.3 Å². The van der Waals surface area contributed by atoms with Gasteiger partial charge in [0.15, 0.2) is 0 Å². The van der Waals surface area contributed by atoms with E-state index in [-0.39, 0.29) is 5.97 Å². The van der Waals surface area contributed by atoms with Crippen LogP contribution in [-0.4, -0.2) is 26.3 Å². The molecule has 0 amide bonds. The molecule has 0 atom stereocenters. The predicted octanol–water partition coefficient (Wildman–Crippen LogP) is 0.918. The lowest BCUT2D eigenvalue weighted by molar-refractivity contribution is -0.134. The van der Waals surface area contributed by atoms with E-state index in [1.165, 1.54) is 13.2 Å². The first kappa shape index (κ1) is 9.91. The molecule has 0 fully saturated rings. The van der Waals surface area contributed by atoms with E-state index in [0.717, 1.165) is 0 Å². The van der Waals surface area contributed by atoms with Gasteiger partial charge in [-0.05, 0) is 0 Å². The smallest absolute Gasteiger partial charge is 0.330 e. The minimum atomic E-state index is -0.368. The number of esters is 1. The highest BCUT2D eigenvalue weighted by Gasteiger charge is 1.87. The number of hydrogen-bond acceptors (Lipinski definition) is 3. The summed E-state index contributed by atoms with van der Waals surface area (Å²) in [5.41, 5.74) is 0. The maximum Gasteiger partial charge on any atom is 0.330 e. The van der Waals surface area contributed by atoms with E-state index in [1.807, 2.05) is 0 Å². The van der Waals surface area contributed by atoms with E-state index in [2.05, 4.69) is 11.3 Å². The molecule has 0 aromatic carbocycles. The Morgan fingerprint density at radius 3 is 2.82 bits per heavy atom. The van der Waals surface area contributed by atoms with Crippen molar-refractivity contribution in [1.29, 1.82) is 0 Å². The van der Waals surface area contributed by atoms with Gasteiger partial charge in [0.2, 0.25) is 0 Å². The number of hydrogen-bond donors (Lipinski definition) is 0. The van der Waals surface area contributed by atoms with Crippen LogP contribution >= 0.6 is 0 Å². The normalized spacial score (nSPS) is 9.91. The molecule has 0 unspecified atom stereocenters. The zero-order valence-electron chi connectivity index (χ0n) is 6.58. The Balaban J connectivity index is 3.29. The van der Waals surface area contributed by atoms with Crippen LogP contribution in [-0.2, 0) is 14.3 Å². The summed E-state index contributed by atoms with van der Waals surface area (Å²) in [5, 5.41) is 0. The van der Waals surface area contributed by atoms with E-state index in [1.54, 1.807) is 12.2 Å². The SMILES string of the molecule is C=CCOC/C=C/C(=O)OC. The Morgan fingerprint density at radius 2 is 2.27 bits per heavy atom. The molecule has 0 rings (SSSR count). The van der Waals surface area contributed by atoms with Crippen molar-refractivity contribution in [3.63, 3.8) is 0 Å². The van der Waals surface area contributed by atoms with Crippen molar-refractivity contribution in [3.8, 4) is 0 Å². The van der Waals surface area contributed by atoms with E-state index < -0.39 is 0 Å². The Kier molecular flexibility index (Phi) is 6.33. The fraction of sp³-hybridized carbons (Fsp3) is 0.375. The van der Waals surface area contributed by atoms with Gasteiger partial charge >= 0.3 is 5.97 Å². The molecule has 0 N–H and O–H groups in total. The van der Waals surface area contributed by atoms with Gasteiger partial charge in [-0.3, -0.25) is 0 Å². The topological polar surface area (TPSA) is 35.5 Å². The van der Waals surface area contributed by atoms with Gasteiger partial charge < -0.3 is 9.47 Å². The minimum Gasteiger partial charge on any atom is -0.466 e. The summed E-state index contributed by atoms with van der Waals surface area (Å²) in [6.45, 7) is 4.36. The highest BCUT2D eigenvalue weighted by molar-refractivity contribution is 5.81. The fourth-order valence-corrected chi connectivity index (χ4v) is 0.432. The highest BCUT2D eigenvalue weighted by Crippen LogP contribution is 1.80. The van der Waals surface area contributed by atoms with Gasteiger partial charge in [-0.1, -0.05) is 12.2 Å². The molecule has 0 spiro atoms. The average Bonchev–Trinajstić information content (AvgIpc) is 2.04. The first-order chi connectivity index (χ1) is 5.31. The molecule has 0 aromatic rings. The summed E-state index contributed by atoms with van der Waals surface area (Å²) in [5.74, 6) is -0.368. The molecule has 0 bridgehead atoms. The van der Waals surface area contributed by atoms with Crippen LogP contribution in [0.25, 0.3) is 0 Å². The van der Waals surface area contributed by atoms with Gasteiger partial charge in [-0.2, -0.15) is 0 Å². The molecule has 11 heavy (non-hydrogen) atoms. The summed E-state index contributed by atoms with van der Waals surface area (Å²) in [6, 6.07) is 0. The molecule has 3 heteroatoms. The van der Waals surface area contributed by atoms with Crippen LogP contribution in [0.15, 0.2) is 24.8 Å². The second-order valence-corrected chi connectivity index (χ2v) is 1.75. The van der Waals surface area contributed by atoms with Crippen LogP contribution in [0.3, 0.4) is 0 Å². The molecule has 0 saturated carbocycles. The molecule has 3 nitrogen and oxygen atoms in total. The standard InChI is InChI=1S/C8H12O3/c1-3-6-11-7-4-5-8(9)10-2/h3-5H,1,6-7H2,2H3/b5-4+. The monoisotopic (exact) mass is 156 g/mol. The maximum atomic E-state index is 10.5. The molecular weight excluding hydrogens is 144 g/mol. The first-order valence-corrected chi connectivity index (χ1v) is 3.24. The van der Waals surface area contributed by atoms with Gasteiger partial charge in [-0.25, -0.2) is 4.79 Å². The summed E-state index contributed by atoms with van der Waals surface area (Å²) in [7, 11) is 1.33. The van der Waals surface area contributed by atoms with E-state index >= 15 is 0 Å². The van der Waals surface area contributed by atoms with Crippen molar-refractivity contribution in [2.24, 2.45) is 0 Å². The summed E-state index contributed by atoms with van der Waals surface area (Å²) < 4.78 is 9.32. The molecule has 0 heterocycles. The largest absolute Gasteiger partial charge is 0.466 e. The first-order valence-electron chi connectivity index (χ1n) is 3.24.